The molecule has 26 heavy (non-hydrogen) atoms. The Morgan fingerprint density at radius 1 is 1.08 bits per heavy atom. The molecule has 7 heteroatoms. The van der Waals surface area contributed by atoms with Crippen molar-refractivity contribution in [2.75, 3.05) is 5.32 Å². The minimum absolute atomic E-state index is 0.0313. The van der Waals surface area contributed by atoms with Crippen molar-refractivity contribution in [1.82, 2.24) is 4.72 Å². The summed E-state index contributed by atoms with van der Waals surface area (Å²) >= 11 is 0. The summed E-state index contributed by atoms with van der Waals surface area (Å²) in [6.07, 6.45) is 1.88. The van der Waals surface area contributed by atoms with E-state index in [9.17, 15) is 18.0 Å². The molecule has 0 saturated heterocycles. The first kappa shape index (κ1) is 18.3. The highest BCUT2D eigenvalue weighted by Crippen LogP contribution is 2.30. The third-order valence-corrected chi connectivity index (χ3v) is 5.59. The van der Waals surface area contributed by atoms with E-state index in [0.29, 0.717) is 11.3 Å². The number of hydrogen-bond donors (Lipinski definition) is 2. The number of hydrogen-bond acceptors (Lipinski definition) is 4. The summed E-state index contributed by atoms with van der Waals surface area (Å²) in [6, 6.07) is 13.0. The fraction of sp³-hybridized carbons (Fsp3) is 0.263. The summed E-state index contributed by atoms with van der Waals surface area (Å²) in [5, 5.41) is 2.84. The number of rotatable bonds is 7. The van der Waals surface area contributed by atoms with Crippen LogP contribution in [0.3, 0.4) is 0 Å². The van der Waals surface area contributed by atoms with Gasteiger partial charge in [-0.2, -0.15) is 0 Å². The van der Waals surface area contributed by atoms with Crippen molar-refractivity contribution < 1.29 is 18.0 Å². The van der Waals surface area contributed by atoms with Gasteiger partial charge in [0.2, 0.25) is 15.9 Å². The lowest BCUT2D eigenvalue weighted by molar-refractivity contribution is -0.117. The van der Waals surface area contributed by atoms with Crippen LogP contribution in [0.25, 0.3) is 0 Å². The molecule has 0 aliphatic heterocycles. The van der Waals surface area contributed by atoms with E-state index in [2.05, 4.69) is 10.0 Å². The standard InChI is InChI=1S/C19H20N2O4S/c1-13(22)16-3-2-4-18(11-16)26(24,25)20-12-14-5-9-17(10-6-14)21-19(23)15-7-8-15/h2-6,9-11,15,20H,7-8,12H2,1H3,(H,21,23). The predicted molar refractivity (Wildman–Crippen MR) is 98.3 cm³/mol. The highest BCUT2D eigenvalue weighted by molar-refractivity contribution is 7.89. The maximum Gasteiger partial charge on any atom is 0.240 e. The fourth-order valence-corrected chi connectivity index (χ4v) is 3.50. The van der Waals surface area contributed by atoms with E-state index in [4.69, 9.17) is 0 Å². The molecule has 0 bridgehead atoms. The monoisotopic (exact) mass is 372 g/mol. The number of ketones is 1. The summed E-state index contributed by atoms with van der Waals surface area (Å²) in [5.41, 5.74) is 1.81. The summed E-state index contributed by atoms with van der Waals surface area (Å²) in [7, 11) is -3.72. The molecule has 0 radical (unpaired) electrons. The molecule has 0 aromatic heterocycles. The summed E-state index contributed by atoms with van der Waals surface area (Å²) in [6.45, 7) is 1.51. The van der Waals surface area contributed by atoms with Gasteiger partial charge in [0.15, 0.2) is 5.78 Å². The van der Waals surface area contributed by atoms with E-state index < -0.39 is 10.0 Å². The first-order chi connectivity index (χ1) is 12.3. The van der Waals surface area contributed by atoms with Crippen molar-refractivity contribution in [3.63, 3.8) is 0 Å². The van der Waals surface area contributed by atoms with Gasteiger partial charge in [0.1, 0.15) is 0 Å². The number of amides is 1. The molecule has 3 rings (SSSR count). The Morgan fingerprint density at radius 3 is 2.38 bits per heavy atom. The molecule has 1 saturated carbocycles. The molecule has 0 unspecified atom stereocenters. The molecule has 2 aromatic rings. The van der Waals surface area contributed by atoms with Gasteiger partial charge in [0.25, 0.3) is 0 Å². The topological polar surface area (TPSA) is 92.3 Å². The molecule has 0 spiro atoms. The second kappa shape index (κ2) is 7.39. The highest BCUT2D eigenvalue weighted by Gasteiger charge is 2.29. The van der Waals surface area contributed by atoms with Crippen molar-refractivity contribution in [3.05, 3.63) is 59.7 Å². The number of nitrogens with one attached hydrogen (secondary N) is 2. The van der Waals surface area contributed by atoms with Crippen molar-refractivity contribution in [2.24, 2.45) is 5.92 Å². The van der Waals surface area contributed by atoms with E-state index >= 15 is 0 Å². The van der Waals surface area contributed by atoms with Crippen molar-refractivity contribution >= 4 is 27.4 Å². The summed E-state index contributed by atoms with van der Waals surface area (Å²) < 4.78 is 27.3. The largest absolute Gasteiger partial charge is 0.326 e. The van der Waals surface area contributed by atoms with Gasteiger partial charge in [-0.05, 0) is 49.6 Å². The number of sulfonamides is 1. The second-order valence-corrected chi connectivity index (χ2v) is 8.14. The van der Waals surface area contributed by atoms with Gasteiger partial charge in [-0.1, -0.05) is 24.3 Å². The first-order valence-corrected chi connectivity index (χ1v) is 9.84. The Labute approximate surface area is 152 Å². The zero-order valence-corrected chi connectivity index (χ0v) is 15.2. The Morgan fingerprint density at radius 2 is 1.77 bits per heavy atom. The normalized spacial score (nSPS) is 14.0. The quantitative estimate of drug-likeness (QED) is 0.731. The predicted octanol–water partition coefficient (Wildman–Crippen LogP) is 2.72. The van der Waals surface area contributed by atoms with Gasteiger partial charge in [-0.25, -0.2) is 13.1 Å². The van der Waals surface area contributed by atoms with E-state index in [1.54, 1.807) is 36.4 Å². The summed E-state index contributed by atoms with van der Waals surface area (Å²) in [5.74, 6) is -0.0260. The van der Waals surface area contributed by atoms with Gasteiger partial charge in [-0.3, -0.25) is 9.59 Å². The van der Waals surface area contributed by atoms with Crippen LogP contribution in [0.4, 0.5) is 5.69 Å². The SMILES string of the molecule is CC(=O)c1cccc(S(=O)(=O)NCc2ccc(NC(=O)C3CC3)cc2)c1. The third kappa shape index (κ3) is 4.56. The number of Topliss-reactive ketones (excluding diaryl/α,β-unsaturated/α-hetero) is 1. The Bertz CT molecular complexity index is 932. The van der Waals surface area contributed by atoms with Crippen molar-refractivity contribution in [2.45, 2.75) is 31.2 Å². The number of carbonyl (C=O) groups is 2. The molecule has 0 atom stereocenters. The van der Waals surface area contributed by atoms with Crippen LogP contribution in [-0.2, 0) is 21.4 Å². The van der Waals surface area contributed by atoms with E-state index in [1.807, 2.05) is 0 Å². The van der Waals surface area contributed by atoms with Crippen LogP contribution in [0.2, 0.25) is 0 Å². The molecule has 0 heterocycles. The van der Waals surface area contributed by atoms with E-state index in [-0.39, 0.29) is 29.0 Å². The van der Waals surface area contributed by atoms with Crippen LogP contribution in [0.15, 0.2) is 53.4 Å². The van der Waals surface area contributed by atoms with E-state index in [1.165, 1.54) is 19.1 Å². The highest BCUT2D eigenvalue weighted by atomic mass is 32.2. The molecule has 2 N–H and O–H groups in total. The number of anilines is 1. The average molecular weight is 372 g/mol. The number of carbonyl (C=O) groups excluding carboxylic acids is 2. The maximum atomic E-state index is 12.4. The zero-order chi connectivity index (χ0) is 18.7. The van der Waals surface area contributed by atoms with Crippen molar-refractivity contribution in [3.8, 4) is 0 Å². The van der Waals surface area contributed by atoms with Gasteiger partial charge in [-0.15, -0.1) is 0 Å². The Balaban J connectivity index is 1.63. The molecule has 1 aliphatic rings. The van der Waals surface area contributed by atoms with Crippen LogP contribution in [0, 0.1) is 5.92 Å². The van der Waals surface area contributed by atoms with Crippen LogP contribution >= 0.6 is 0 Å². The Hall–Kier alpha value is -2.51. The molecular formula is C19H20N2O4S. The molecule has 1 fully saturated rings. The lowest BCUT2D eigenvalue weighted by atomic mass is 10.2. The minimum Gasteiger partial charge on any atom is -0.326 e. The molecule has 136 valence electrons. The van der Waals surface area contributed by atoms with Gasteiger partial charge in [0, 0.05) is 23.7 Å². The first-order valence-electron chi connectivity index (χ1n) is 8.35. The molecule has 6 nitrogen and oxygen atoms in total. The average Bonchev–Trinajstić information content (AvgIpc) is 3.46. The number of benzene rings is 2. The molecule has 1 amide bonds. The van der Waals surface area contributed by atoms with Gasteiger partial charge >= 0.3 is 0 Å². The lowest BCUT2D eigenvalue weighted by Gasteiger charge is -2.09. The molecule has 1 aliphatic carbocycles. The minimum atomic E-state index is -3.72. The van der Waals surface area contributed by atoms with Gasteiger partial charge < -0.3 is 5.32 Å². The van der Waals surface area contributed by atoms with Crippen LogP contribution < -0.4 is 10.0 Å². The van der Waals surface area contributed by atoms with Crippen LogP contribution in [0.1, 0.15) is 35.7 Å². The lowest BCUT2D eigenvalue weighted by Crippen LogP contribution is -2.23. The van der Waals surface area contributed by atoms with E-state index in [0.717, 1.165) is 18.4 Å². The van der Waals surface area contributed by atoms with Crippen LogP contribution in [-0.4, -0.2) is 20.1 Å². The smallest absolute Gasteiger partial charge is 0.240 e. The van der Waals surface area contributed by atoms with Crippen LogP contribution in [0.5, 0.6) is 0 Å². The Kier molecular flexibility index (Phi) is 5.20. The fourth-order valence-electron chi connectivity index (χ4n) is 2.44. The van der Waals surface area contributed by atoms with Gasteiger partial charge in [0.05, 0.1) is 4.90 Å². The maximum absolute atomic E-state index is 12.4. The molecule has 2 aromatic carbocycles. The second-order valence-electron chi connectivity index (χ2n) is 6.37. The van der Waals surface area contributed by atoms with Crippen molar-refractivity contribution in [1.29, 1.82) is 0 Å². The zero-order valence-electron chi connectivity index (χ0n) is 14.4. The third-order valence-electron chi connectivity index (χ3n) is 4.19. The molecular weight excluding hydrogens is 352 g/mol. The summed E-state index contributed by atoms with van der Waals surface area (Å²) in [4.78, 5) is 23.2.